The third-order valence-corrected chi connectivity index (χ3v) is 7.14. The number of benzene rings is 4. The average Bonchev–Trinajstić information content (AvgIpc) is 2.96. The molecule has 1 atom stereocenters. The van der Waals surface area contributed by atoms with Crippen LogP contribution in [-0.2, 0) is 17.8 Å². The van der Waals surface area contributed by atoms with Gasteiger partial charge >= 0.3 is 5.97 Å². The van der Waals surface area contributed by atoms with Crippen LogP contribution in [0.1, 0.15) is 41.5 Å². The van der Waals surface area contributed by atoms with Crippen LogP contribution in [0.2, 0.25) is 0 Å². The summed E-state index contributed by atoms with van der Waals surface area (Å²) in [6.45, 7) is 3.70. The molecule has 0 aliphatic rings. The lowest BCUT2D eigenvalue weighted by atomic mass is 9.90. The second-order valence-electron chi connectivity index (χ2n) is 9.96. The minimum absolute atomic E-state index is 0. The molecule has 4 aromatic rings. The van der Waals surface area contributed by atoms with Gasteiger partial charge in [-0.1, -0.05) is 78.9 Å². The molecule has 4 rings (SSSR count). The maximum Gasteiger partial charge on any atom is 0.307 e. The van der Waals surface area contributed by atoms with E-state index in [0.717, 1.165) is 0 Å². The van der Waals surface area contributed by atoms with Crippen molar-refractivity contribution in [2.45, 2.75) is 38.3 Å². The minimum Gasteiger partial charge on any atom is -0.497 e. The normalized spacial score (nSPS) is 11.6. The number of halogens is 2. The van der Waals surface area contributed by atoms with Crippen LogP contribution < -0.4 is 9.47 Å². The zero-order chi connectivity index (χ0) is 28.3. The summed E-state index contributed by atoms with van der Waals surface area (Å²) in [7, 11) is 1.53. The second-order valence-corrected chi connectivity index (χ2v) is 9.96. The van der Waals surface area contributed by atoms with E-state index in [1.165, 1.54) is 24.3 Å². The Morgan fingerprint density at radius 2 is 1.54 bits per heavy atom. The van der Waals surface area contributed by atoms with Crippen LogP contribution in [0.4, 0.5) is 4.39 Å². The number of hydrogen-bond donors (Lipinski definition) is 1. The van der Waals surface area contributed by atoms with E-state index in [4.69, 9.17) is 14.6 Å². The smallest absolute Gasteiger partial charge is 0.307 e. The highest BCUT2D eigenvalue weighted by Crippen LogP contribution is 2.28. The van der Waals surface area contributed by atoms with Crippen LogP contribution in [0.5, 0.6) is 11.5 Å². The van der Waals surface area contributed by atoms with Gasteiger partial charge in [-0.2, -0.15) is 0 Å². The first-order valence-corrected chi connectivity index (χ1v) is 13.5. The lowest BCUT2D eigenvalue weighted by Gasteiger charge is -2.33. The van der Waals surface area contributed by atoms with Gasteiger partial charge in [0.2, 0.25) is 0 Å². The summed E-state index contributed by atoms with van der Waals surface area (Å²) in [6, 6.07) is 33.1. The summed E-state index contributed by atoms with van der Waals surface area (Å²) in [4.78, 5) is 13.4. The standard InChI is InChI=1S/C34H36FNO4.ClH/c1-25(18-19-40-31-15-9-10-26(20-31)21-34(37)38)36(23-29-16-17-30(39-2)22-33(29)35)24-32(27-11-5-3-6-12-27)28-13-7-4-8-14-28;/h3-17,20,22,25,32H,18-19,21,23-24H2,1-2H3,(H,37,38);1H/t25-;/m1./s1. The van der Waals surface area contributed by atoms with Crippen molar-refractivity contribution in [3.63, 3.8) is 0 Å². The quantitative estimate of drug-likeness (QED) is 0.169. The number of aliphatic carboxylic acids is 1. The third-order valence-electron chi connectivity index (χ3n) is 7.14. The molecule has 216 valence electrons. The number of methoxy groups -OCH3 is 1. The SMILES string of the molecule is COc1ccc(CN(CC(c2ccccc2)c2ccccc2)[C@H](C)CCOc2cccc(CC(=O)O)c2)c(F)c1.Cl. The van der Waals surface area contributed by atoms with E-state index in [1.807, 2.05) is 18.2 Å². The summed E-state index contributed by atoms with van der Waals surface area (Å²) >= 11 is 0. The van der Waals surface area contributed by atoms with E-state index >= 15 is 4.39 Å². The predicted octanol–water partition coefficient (Wildman–Crippen LogP) is 7.37. The molecule has 0 aromatic heterocycles. The number of carboxylic acids is 1. The topological polar surface area (TPSA) is 59.0 Å². The first kappa shape index (κ1) is 31.7. The number of rotatable bonds is 14. The van der Waals surface area contributed by atoms with Crippen LogP contribution in [0.15, 0.2) is 103 Å². The maximum absolute atomic E-state index is 15.1. The molecule has 1 N–H and O–H groups in total. The summed E-state index contributed by atoms with van der Waals surface area (Å²) in [5.74, 6) is 0.0633. The summed E-state index contributed by atoms with van der Waals surface area (Å²) in [5.41, 5.74) is 3.71. The molecule has 0 fully saturated rings. The molecule has 0 aliphatic carbocycles. The Kier molecular flexibility index (Phi) is 12.2. The highest BCUT2D eigenvalue weighted by Gasteiger charge is 2.23. The van der Waals surface area contributed by atoms with E-state index in [9.17, 15) is 4.79 Å². The van der Waals surface area contributed by atoms with E-state index in [2.05, 4.69) is 60.4 Å². The van der Waals surface area contributed by atoms with Gasteiger partial charge in [0.1, 0.15) is 17.3 Å². The minimum atomic E-state index is -0.876. The molecule has 0 aliphatic heterocycles. The fraction of sp³-hybridized carbons (Fsp3) is 0.265. The Bertz CT molecular complexity index is 1330. The van der Waals surface area contributed by atoms with Crippen molar-refractivity contribution < 1.29 is 23.8 Å². The van der Waals surface area contributed by atoms with E-state index < -0.39 is 5.97 Å². The Labute approximate surface area is 248 Å². The van der Waals surface area contributed by atoms with Crippen molar-refractivity contribution in [3.8, 4) is 11.5 Å². The molecule has 0 saturated heterocycles. The molecule has 5 nitrogen and oxygen atoms in total. The van der Waals surface area contributed by atoms with E-state index in [0.29, 0.717) is 48.7 Å². The predicted molar refractivity (Wildman–Crippen MR) is 163 cm³/mol. The number of carbonyl (C=O) groups is 1. The van der Waals surface area contributed by atoms with Gasteiger partial charge in [0.05, 0.1) is 20.1 Å². The van der Waals surface area contributed by atoms with Crippen LogP contribution in [-0.4, -0.2) is 42.3 Å². The van der Waals surface area contributed by atoms with Crippen LogP contribution in [0.25, 0.3) is 0 Å². The zero-order valence-electron chi connectivity index (χ0n) is 23.4. The Morgan fingerprint density at radius 3 is 2.12 bits per heavy atom. The van der Waals surface area contributed by atoms with Crippen molar-refractivity contribution in [3.05, 3.63) is 131 Å². The molecular weight excluding hydrogens is 541 g/mol. The summed E-state index contributed by atoms with van der Waals surface area (Å²) in [6.07, 6.45) is 0.659. The summed E-state index contributed by atoms with van der Waals surface area (Å²) in [5, 5.41) is 9.09. The van der Waals surface area contributed by atoms with Crippen molar-refractivity contribution in [1.82, 2.24) is 4.90 Å². The third kappa shape index (κ3) is 9.34. The lowest BCUT2D eigenvalue weighted by molar-refractivity contribution is -0.136. The first-order chi connectivity index (χ1) is 19.4. The number of nitrogens with zero attached hydrogens (tertiary/aromatic N) is 1. The highest BCUT2D eigenvalue weighted by molar-refractivity contribution is 5.85. The van der Waals surface area contributed by atoms with Crippen LogP contribution in [0.3, 0.4) is 0 Å². The van der Waals surface area contributed by atoms with Gasteiger partial charge in [-0.05, 0) is 48.2 Å². The van der Waals surface area contributed by atoms with Crippen LogP contribution >= 0.6 is 12.4 Å². The van der Waals surface area contributed by atoms with Gasteiger partial charge in [0.25, 0.3) is 0 Å². The molecule has 0 heterocycles. The van der Waals surface area contributed by atoms with Crippen molar-refractivity contribution in [2.75, 3.05) is 20.3 Å². The molecular formula is C34H37ClFNO4. The summed E-state index contributed by atoms with van der Waals surface area (Å²) < 4.78 is 26.3. The Hall–Kier alpha value is -3.87. The lowest BCUT2D eigenvalue weighted by Crippen LogP contribution is -2.37. The van der Waals surface area contributed by atoms with Gasteiger partial charge in [-0.3, -0.25) is 9.69 Å². The number of carboxylic acid groups (broad SMARTS) is 1. The van der Waals surface area contributed by atoms with Crippen molar-refractivity contribution in [1.29, 1.82) is 0 Å². The van der Waals surface area contributed by atoms with Crippen molar-refractivity contribution in [2.24, 2.45) is 0 Å². The van der Waals surface area contributed by atoms with E-state index in [-0.39, 0.29) is 36.6 Å². The van der Waals surface area contributed by atoms with Crippen molar-refractivity contribution >= 4 is 18.4 Å². The zero-order valence-corrected chi connectivity index (χ0v) is 24.2. The molecule has 41 heavy (non-hydrogen) atoms. The fourth-order valence-electron chi connectivity index (χ4n) is 4.86. The van der Waals surface area contributed by atoms with Gasteiger partial charge < -0.3 is 14.6 Å². The fourth-order valence-corrected chi connectivity index (χ4v) is 4.86. The molecule has 0 saturated carbocycles. The van der Waals surface area contributed by atoms with Gasteiger partial charge in [0, 0.05) is 36.7 Å². The molecule has 0 bridgehead atoms. The average molecular weight is 578 g/mol. The largest absolute Gasteiger partial charge is 0.497 e. The molecule has 7 heteroatoms. The van der Waals surface area contributed by atoms with Gasteiger partial charge in [-0.15, -0.1) is 12.4 Å². The highest BCUT2D eigenvalue weighted by atomic mass is 35.5. The molecule has 4 aromatic carbocycles. The van der Waals surface area contributed by atoms with E-state index in [1.54, 1.807) is 30.3 Å². The Morgan fingerprint density at radius 1 is 0.878 bits per heavy atom. The number of ether oxygens (including phenoxy) is 2. The Balaban J connectivity index is 0.00000462. The first-order valence-electron chi connectivity index (χ1n) is 13.5. The van der Waals surface area contributed by atoms with Gasteiger partial charge in [0.15, 0.2) is 0 Å². The maximum atomic E-state index is 15.1. The monoisotopic (exact) mass is 577 g/mol. The second kappa shape index (κ2) is 15.8. The number of hydrogen-bond acceptors (Lipinski definition) is 4. The van der Waals surface area contributed by atoms with Crippen LogP contribution in [0, 0.1) is 5.82 Å². The molecule has 0 amide bonds. The molecule has 0 radical (unpaired) electrons. The van der Waals surface area contributed by atoms with Gasteiger partial charge in [-0.25, -0.2) is 4.39 Å². The molecule has 0 unspecified atom stereocenters. The molecule has 0 spiro atoms.